The molecule has 0 N–H and O–H groups in total. The van der Waals surface area contributed by atoms with Gasteiger partial charge in [-0.15, -0.1) is 0 Å². The van der Waals surface area contributed by atoms with Crippen LogP contribution in [0.3, 0.4) is 0 Å². The molecule has 0 fully saturated rings. The fourth-order valence-corrected chi connectivity index (χ4v) is 14.3. The molecule has 0 rings (SSSR count). The Morgan fingerprint density at radius 3 is 1.04 bits per heavy atom. The number of unbranched alkanes of at least 4 members (excludes halogenated alkanes) is 2. The SMILES string of the molecule is CCCCC(CCCC)([Si](C)(OCC)OCC)[Si](C)(OCC)OCC. The Bertz CT molecular complexity index is 295. The lowest BCUT2D eigenvalue weighted by Gasteiger charge is -2.52. The van der Waals surface area contributed by atoms with Gasteiger partial charge in [-0.05, 0) is 53.6 Å². The fraction of sp³-hybridized carbons (Fsp3) is 1.00. The van der Waals surface area contributed by atoms with Gasteiger partial charge in [-0.1, -0.05) is 39.5 Å². The van der Waals surface area contributed by atoms with Gasteiger partial charge in [0.2, 0.25) is 0 Å². The van der Waals surface area contributed by atoms with Crippen LogP contribution in [-0.2, 0) is 17.7 Å². The quantitative estimate of drug-likeness (QED) is 0.305. The summed E-state index contributed by atoms with van der Waals surface area (Å²) in [5.74, 6) is 0. The zero-order chi connectivity index (χ0) is 19.4. The molecule has 0 atom stereocenters. The largest absolute Gasteiger partial charge is 0.394 e. The van der Waals surface area contributed by atoms with Crippen LogP contribution in [0.4, 0.5) is 0 Å². The predicted molar refractivity (Wildman–Crippen MR) is 111 cm³/mol. The van der Waals surface area contributed by atoms with Crippen molar-refractivity contribution in [3.05, 3.63) is 0 Å². The van der Waals surface area contributed by atoms with E-state index < -0.39 is 17.1 Å². The van der Waals surface area contributed by atoms with Gasteiger partial charge in [0.25, 0.3) is 0 Å². The molecule has 0 amide bonds. The summed E-state index contributed by atoms with van der Waals surface area (Å²) in [6.45, 7) is 20.1. The molecule has 0 aromatic rings. The zero-order valence-corrected chi connectivity index (χ0v) is 20.2. The lowest BCUT2D eigenvalue weighted by molar-refractivity contribution is 0.122. The second-order valence-corrected chi connectivity index (χ2v) is 14.3. The molecule has 0 heterocycles. The summed E-state index contributed by atoms with van der Waals surface area (Å²) in [5.41, 5.74) is 0. The average molecular weight is 393 g/mol. The van der Waals surface area contributed by atoms with E-state index in [-0.39, 0.29) is 4.66 Å². The first kappa shape index (κ1) is 25.3. The van der Waals surface area contributed by atoms with Gasteiger partial charge in [-0.25, -0.2) is 0 Å². The van der Waals surface area contributed by atoms with Crippen LogP contribution in [0.25, 0.3) is 0 Å². The number of rotatable bonds is 16. The van der Waals surface area contributed by atoms with E-state index in [9.17, 15) is 0 Å². The standard InChI is InChI=1S/C19H44O4Si2/c1-9-15-17-19(18-16-10-2,24(7,20-11-3)21-12-4)25(8,22-13-5)23-14-6/h9-18H2,1-8H3. The van der Waals surface area contributed by atoms with E-state index in [1.165, 1.54) is 12.8 Å². The fourth-order valence-electron chi connectivity index (χ4n) is 4.14. The Labute approximate surface area is 159 Å². The first-order valence-electron chi connectivity index (χ1n) is 10.4. The third-order valence-corrected chi connectivity index (χ3v) is 15.9. The van der Waals surface area contributed by atoms with Gasteiger partial charge in [-0.3, -0.25) is 0 Å². The van der Waals surface area contributed by atoms with Crippen molar-refractivity contribution in [3.8, 4) is 0 Å². The minimum absolute atomic E-state index is 0.0932. The summed E-state index contributed by atoms with van der Waals surface area (Å²) in [5, 5.41) is 0. The van der Waals surface area contributed by atoms with Crippen LogP contribution in [0.1, 0.15) is 80.1 Å². The van der Waals surface area contributed by atoms with Crippen molar-refractivity contribution in [2.24, 2.45) is 0 Å². The van der Waals surface area contributed by atoms with Crippen LogP contribution in [-0.4, -0.2) is 43.5 Å². The lowest BCUT2D eigenvalue weighted by Crippen LogP contribution is -2.66. The third kappa shape index (κ3) is 6.14. The molecule has 0 bridgehead atoms. The van der Waals surface area contributed by atoms with Crippen LogP contribution in [0.2, 0.25) is 17.8 Å². The van der Waals surface area contributed by atoms with Gasteiger partial charge in [0.15, 0.2) is 0 Å². The minimum Gasteiger partial charge on any atom is -0.394 e. The van der Waals surface area contributed by atoms with Crippen molar-refractivity contribution < 1.29 is 17.7 Å². The molecule has 0 saturated heterocycles. The summed E-state index contributed by atoms with van der Waals surface area (Å²) < 4.78 is 25.7. The van der Waals surface area contributed by atoms with Gasteiger partial charge in [0.05, 0.1) is 4.66 Å². The maximum absolute atomic E-state index is 6.46. The first-order chi connectivity index (χ1) is 11.9. The average Bonchev–Trinajstić information content (AvgIpc) is 2.55. The van der Waals surface area contributed by atoms with Crippen molar-refractivity contribution in [1.29, 1.82) is 0 Å². The summed E-state index contributed by atoms with van der Waals surface area (Å²) in [6.07, 6.45) is 6.81. The third-order valence-electron chi connectivity index (χ3n) is 5.33. The summed E-state index contributed by atoms with van der Waals surface area (Å²) in [7, 11) is -5.00. The molecule has 6 heteroatoms. The van der Waals surface area contributed by atoms with Crippen LogP contribution in [0, 0.1) is 0 Å². The van der Waals surface area contributed by atoms with Crippen molar-refractivity contribution in [1.82, 2.24) is 0 Å². The van der Waals surface area contributed by atoms with Crippen LogP contribution >= 0.6 is 0 Å². The van der Waals surface area contributed by atoms with Crippen molar-refractivity contribution in [3.63, 3.8) is 0 Å². The Kier molecular flexibility index (Phi) is 12.8. The maximum atomic E-state index is 6.46. The number of hydrogen-bond donors (Lipinski definition) is 0. The molecule has 0 aromatic carbocycles. The number of hydrogen-bond acceptors (Lipinski definition) is 4. The van der Waals surface area contributed by atoms with Gasteiger partial charge >= 0.3 is 17.1 Å². The van der Waals surface area contributed by atoms with Gasteiger partial charge in [0.1, 0.15) is 0 Å². The molecule has 0 aliphatic carbocycles. The highest BCUT2D eigenvalue weighted by Crippen LogP contribution is 2.56. The Balaban J connectivity index is 6.30. The minimum atomic E-state index is -2.50. The van der Waals surface area contributed by atoms with E-state index >= 15 is 0 Å². The van der Waals surface area contributed by atoms with Gasteiger partial charge in [0, 0.05) is 26.4 Å². The molecule has 152 valence electrons. The summed E-state index contributed by atoms with van der Waals surface area (Å²) >= 11 is 0. The molecule has 0 aliphatic heterocycles. The highest BCUT2D eigenvalue weighted by molar-refractivity contribution is 6.90. The Morgan fingerprint density at radius 2 is 0.840 bits per heavy atom. The van der Waals surface area contributed by atoms with Crippen LogP contribution in [0.15, 0.2) is 0 Å². The summed E-state index contributed by atoms with van der Waals surface area (Å²) in [4.78, 5) is 0. The molecule has 0 radical (unpaired) electrons. The van der Waals surface area contributed by atoms with Crippen LogP contribution < -0.4 is 0 Å². The normalized spacial score (nSPS) is 13.4. The zero-order valence-electron chi connectivity index (χ0n) is 18.2. The molecule has 4 nitrogen and oxygen atoms in total. The molecule has 0 unspecified atom stereocenters. The summed E-state index contributed by atoms with van der Waals surface area (Å²) in [6, 6.07) is 0. The van der Waals surface area contributed by atoms with Crippen LogP contribution in [0.5, 0.6) is 0 Å². The van der Waals surface area contributed by atoms with Gasteiger partial charge < -0.3 is 17.7 Å². The molecule has 0 aliphatic rings. The Hall–Kier alpha value is 0.274. The van der Waals surface area contributed by atoms with E-state index in [1.54, 1.807) is 0 Å². The smallest absolute Gasteiger partial charge is 0.343 e. The molecule has 0 spiro atoms. The predicted octanol–water partition coefficient (Wildman–Crippen LogP) is 5.94. The van der Waals surface area contributed by atoms with E-state index in [2.05, 4.69) is 54.6 Å². The second-order valence-electron chi connectivity index (χ2n) is 6.91. The highest BCUT2D eigenvalue weighted by Gasteiger charge is 2.66. The molecular formula is C19H44O4Si2. The van der Waals surface area contributed by atoms with E-state index in [0.29, 0.717) is 26.4 Å². The molecular weight excluding hydrogens is 348 g/mol. The Morgan fingerprint density at radius 1 is 0.560 bits per heavy atom. The lowest BCUT2D eigenvalue weighted by atomic mass is 10.1. The van der Waals surface area contributed by atoms with E-state index in [0.717, 1.165) is 25.7 Å². The van der Waals surface area contributed by atoms with E-state index in [4.69, 9.17) is 17.7 Å². The molecule has 25 heavy (non-hydrogen) atoms. The van der Waals surface area contributed by atoms with Crippen molar-refractivity contribution in [2.75, 3.05) is 26.4 Å². The first-order valence-corrected chi connectivity index (χ1v) is 15.1. The topological polar surface area (TPSA) is 36.9 Å². The molecule has 0 aromatic heterocycles. The van der Waals surface area contributed by atoms with E-state index in [1.807, 2.05) is 0 Å². The highest BCUT2D eigenvalue weighted by atomic mass is 28.4. The van der Waals surface area contributed by atoms with Crippen molar-refractivity contribution in [2.45, 2.75) is 97.8 Å². The molecule has 0 saturated carbocycles. The van der Waals surface area contributed by atoms with Gasteiger partial charge in [-0.2, -0.15) is 0 Å². The maximum Gasteiger partial charge on any atom is 0.343 e. The van der Waals surface area contributed by atoms with Crippen molar-refractivity contribution >= 4 is 17.1 Å². The second kappa shape index (κ2) is 12.6. The monoisotopic (exact) mass is 392 g/mol.